The van der Waals surface area contributed by atoms with Crippen molar-refractivity contribution in [3.63, 3.8) is 0 Å². The molecule has 5 nitrogen and oxygen atoms in total. The van der Waals surface area contributed by atoms with Crippen LogP contribution < -0.4 is 4.90 Å². The molecule has 1 heterocycles. The summed E-state index contributed by atoms with van der Waals surface area (Å²) in [4.78, 5) is 26.2. The van der Waals surface area contributed by atoms with E-state index < -0.39 is 5.97 Å². The first-order chi connectivity index (χ1) is 12.5. The average Bonchev–Trinajstić information content (AvgIpc) is 2.91. The van der Waals surface area contributed by atoms with Crippen molar-refractivity contribution in [2.24, 2.45) is 0 Å². The van der Waals surface area contributed by atoms with Gasteiger partial charge in [0.1, 0.15) is 0 Å². The van der Waals surface area contributed by atoms with E-state index in [9.17, 15) is 9.59 Å². The highest BCUT2D eigenvalue weighted by Gasteiger charge is 2.33. The Hall–Kier alpha value is -2.38. The van der Waals surface area contributed by atoms with Crippen molar-refractivity contribution in [2.45, 2.75) is 6.92 Å². The number of hydrogen-bond acceptors (Lipinski definition) is 5. The number of nitrogens with one attached hydrogen (secondary N) is 1. The van der Waals surface area contributed by atoms with Gasteiger partial charge in [-0.05, 0) is 66.7 Å². The molecule has 26 heavy (non-hydrogen) atoms. The number of thioether (sulfide) groups is 1. The fourth-order valence-corrected chi connectivity index (χ4v) is 3.52. The Bertz CT molecular complexity index is 892. The second kappa shape index (κ2) is 7.88. The second-order valence-corrected chi connectivity index (χ2v) is 7.32. The highest BCUT2D eigenvalue weighted by Crippen LogP contribution is 2.35. The number of hydrogen-bond donors (Lipinski definition) is 1. The third-order valence-electron chi connectivity index (χ3n) is 3.63. The molecule has 0 radical (unpaired) electrons. The number of rotatable bonds is 4. The number of carbonyl (C=O) groups is 2. The summed E-state index contributed by atoms with van der Waals surface area (Å²) in [6, 6.07) is 14.0. The van der Waals surface area contributed by atoms with Gasteiger partial charge in [-0.1, -0.05) is 28.1 Å². The van der Waals surface area contributed by atoms with Gasteiger partial charge in [-0.2, -0.15) is 0 Å². The van der Waals surface area contributed by atoms with E-state index in [4.69, 9.17) is 10.1 Å². The molecule has 0 atom stereocenters. The first-order valence-electron chi connectivity index (χ1n) is 7.85. The molecule has 0 saturated carbocycles. The summed E-state index contributed by atoms with van der Waals surface area (Å²) in [6.07, 6.45) is 1.76. The third-order valence-corrected chi connectivity index (χ3v) is 5.04. The predicted octanol–water partition coefficient (Wildman–Crippen LogP) is 4.68. The number of carbonyl (C=O) groups excluding carboxylic acids is 2. The van der Waals surface area contributed by atoms with E-state index in [1.807, 2.05) is 24.3 Å². The molecule has 0 aliphatic carbocycles. The Morgan fingerprint density at radius 2 is 1.85 bits per heavy atom. The van der Waals surface area contributed by atoms with Crippen molar-refractivity contribution >= 4 is 56.5 Å². The number of amides is 1. The van der Waals surface area contributed by atoms with Gasteiger partial charge in [-0.15, -0.1) is 0 Å². The van der Waals surface area contributed by atoms with Crippen LogP contribution in [0.1, 0.15) is 22.8 Å². The van der Waals surface area contributed by atoms with Gasteiger partial charge in [0.2, 0.25) is 0 Å². The smallest absolute Gasteiger partial charge is 0.338 e. The van der Waals surface area contributed by atoms with Crippen LogP contribution in [-0.2, 0) is 9.53 Å². The van der Waals surface area contributed by atoms with Crippen LogP contribution in [0.3, 0.4) is 0 Å². The monoisotopic (exact) mass is 430 g/mol. The van der Waals surface area contributed by atoms with E-state index in [1.54, 1.807) is 37.3 Å². The maximum absolute atomic E-state index is 12.7. The molecule has 1 saturated heterocycles. The molecular weight excluding hydrogens is 416 g/mol. The van der Waals surface area contributed by atoms with Crippen LogP contribution in [0.5, 0.6) is 0 Å². The predicted molar refractivity (Wildman–Crippen MR) is 107 cm³/mol. The molecule has 0 aromatic heterocycles. The van der Waals surface area contributed by atoms with Crippen LogP contribution in [0.15, 0.2) is 57.9 Å². The zero-order valence-electron chi connectivity index (χ0n) is 13.9. The molecular formula is C19H15BrN2O3S. The fourth-order valence-electron chi connectivity index (χ4n) is 2.39. The summed E-state index contributed by atoms with van der Waals surface area (Å²) in [5, 5.41) is 8.26. The van der Waals surface area contributed by atoms with Crippen molar-refractivity contribution in [1.82, 2.24) is 0 Å². The molecule has 1 fully saturated rings. The van der Waals surface area contributed by atoms with Crippen LogP contribution in [0.25, 0.3) is 6.08 Å². The molecule has 1 amide bonds. The van der Waals surface area contributed by atoms with Gasteiger partial charge in [0, 0.05) is 4.47 Å². The van der Waals surface area contributed by atoms with Crippen molar-refractivity contribution in [3.8, 4) is 0 Å². The lowest BCUT2D eigenvalue weighted by Crippen LogP contribution is -2.28. The largest absolute Gasteiger partial charge is 0.462 e. The van der Waals surface area contributed by atoms with E-state index in [2.05, 4.69) is 15.9 Å². The molecule has 3 rings (SSSR count). The molecule has 0 bridgehead atoms. The molecule has 2 aromatic carbocycles. The molecule has 7 heteroatoms. The Morgan fingerprint density at radius 1 is 1.19 bits per heavy atom. The molecule has 1 aliphatic heterocycles. The van der Waals surface area contributed by atoms with Crippen LogP contribution in [0.2, 0.25) is 0 Å². The minimum atomic E-state index is -0.410. The van der Waals surface area contributed by atoms with Crippen LogP contribution in [0, 0.1) is 5.41 Å². The SMILES string of the molecule is CCOC(=O)c1ccc(N2C(=N)S/C(=C\c3ccc(Br)cc3)C2=O)cc1. The molecule has 0 spiro atoms. The Kier molecular flexibility index (Phi) is 5.58. The van der Waals surface area contributed by atoms with Gasteiger partial charge in [-0.25, -0.2) is 4.79 Å². The van der Waals surface area contributed by atoms with Crippen molar-refractivity contribution in [3.05, 3.63) is 69.0 Å². The van der Waals surface area contributed by atoms with Crippen molar-refractivity contribution in [2.75, 3.05) is 11.5 Å². The van der Waals surface area contributed by atoms with Crippen LogP contribution >= 0.6 is 27.7 Å². The number of esters is 1. The van der Waals surface area contributed by atoms with Gasteiger partial charge in [0.25, 0.3) is 5.91 Å². The lowest BCUT2D eigenvalue weighted by atomic mass is 10.2. The number of ether oxygens (including phenoxy) is 1. The summed E-state index contributed by atoms with van der Waals surface area (Å²) in [6.45, 7) is 2.05. The summed E-state index contributed by atoms with van der Waals surface area (Å²) < 4.78 is 5.91. The summed E-state index contributed by atoms with van der Waals surface area (Å²) in [5.74, 6) is -0.668. The number of anilines is 1. The van der Waals surface area contributed by atoms with E-state index >= 15 is 0 Å². The van der Waals surface area contributed by atoms with E-state index in [1.165, 1.54) is 4.90 Å². The first-order valence-corrected chi connectivity index (χ1v) is 9.46. The van der Waals surface area contributed by atoms with Gasteiger partial charge in [-0.3, -0.25) is 15.1 Å². The Morgan fingerprint density at radius 3 is 2.46 bits per heavy atom. The second-order valence-electron chi connectivity index (χ2n) is 5.38. The quantitative estimate of drug-likeness (QED) is 0.564. The van der Waals surface area contributed by atoms with Crippen LogP contribution in [0.4, 0.5) is 5.69 Å². The first kappa shape index (κ1) is 18.4. The Labute approximate surface area is 163 Å². The minimum absolute atomic E-state index is 0.127. The van der Waals surface area contributed by atoms with Crippen molar-refractivity contribution in [1.29, 1.82) is 5.41 Å². The lowest BCUT2D eigenvalue weighted by molar-refractivity contribution is -0.113. The highest BCUT2D eigenvalue weighted by molar-refractivity contribution is 9.10. The molecule has 0 unspecified atom stereocenters. The number of nitrogens with zero attached hydrogens (tertiary/aromatic N) is 1. The fraction of sp³-hybridized carbons (Fsp3) is 0.105. The van der Waals surface area contributed by atoms with E-state index in [0.29, 0.717) is 22.8 Å². The van der Waals surface area contributed by atoms with Gasteiger partial charge in [0.05, 0.1) is 22.8 Å². The number of amidine groups is 1. The maximum atomic E-state index is 12.7. The summed E-state index contributed by atoms with van der Waals surface area (Å²) >= 11 is 4.49. The summed E-state index contributed by atoms with van der Waals surface area (Å²) in [7, 11) is 0. The zero-order chi connectivity index (χ0) is 18.7. The average molecular weight is 431 g/mol. The lowest BCUT2D eigenvalue weighted by Gasteiger charge is -2.14. The number of halogens is 1. The topological polar surface area (TPSA) is 70.5 Å². The van der Waals surface area contributed by atoms with Crippen LogP contribution in [-0.4, -0.2) is 23.7 Å². The number of benzene rings is 2. The standard InChI is InChI=1S/C19H15BrN2O3S/c1-2-25-18(24)13-5-9-15(10-6-13)22-17(23)16(26-19(22)21)11-12-3-7-14(20)8-4-12/h3-11,21H,2H2,1H3/b16-11-,21-19?. The highest BCUT2D eigenvalue weighted by atomic mass is 79.9. The normalized spacial score (nSPS) is 15.6. The van der Waals surface area contributed by atoms with Gasteiger partial charge >= 0.3 is 5.97 Å². The van der Waals surface area contributed by atoms with Gasteiger partial charge in [0.15, 0.2) is 5.17 Å². The maximum Gasteiger partial charge on any atom is 0.338 e. The minimum Gasteiger partial charge on any atom is -0.462 e. The Balaban J connectivity index is 1.83. The van der Waals surface area contributed by atoms with Crippen molar-refractivity contribution < 1.29 is 14.3 Å². The molecule has 2 aromatic rings. The van der Waals surface area contributed by atoms with Gasteiger partial charge < -0.3 is 4.74 Å². The van der Waals surface area contributed by atoms with E-state index in [0.717, 1.165) is 21.8 Å². The van der Waals surface area contributed by atoms with E-state index in [-0.39, 0.29) is 11.1 Å². The third kappa shape index (κ3) is 3.89. The summed E-state index contributed by atoms with van der Waals surface area (Å²) in [5.41, 5.74) is 1.84. The molecule has 1 N–H and O–H groups in total. The zero-order valence-corrected chi connectivity index (χ0v) is 16.3. The molecule has 132 valence electrons. The molecule has 1 aliphatic rings.